The normalized spacial score (nSPS) is 16.7. The van der Waals surface area contributed by atoms with E-state index in [1.165, 1.54) is 17.4 Å². The molecule has 1 aromatic carbocycles. The van der Waals surface area contributed by atoms with Crippen molar-refractivity contribution in [2.24, 2.45) is 0 Å². The lowest BCUT2D eigenvalue weighted by molar-refractivity contribution is -0.137. The van der Waals surface area contributed by atoms with E-state index in [9.17, 15) is 18.0 Å². The van der Waals surface area contributed by atoms with Crippen LogP contribution in [0.4, 0.5) is 34.6 Å². The van der Waals surface area contributed by atoms with Crippen molar-refractivity contribution in [3.63, 3.8) is 0 Å². The molecule has 1 atom stereocenters. The van der Waals surface area contributed by atoms with Crippen molar-refractivity contribution in [1.82, 2.24) is 20.2 Å². The molecule has 182 valence electrons. The standard InChI is InChI=1S/C24H18F3N7OS/c25-24(26,27)16-3-1-2-15(12-16)18-4-5-19-20(29-18)34(17-8-11-33(19)13-17)23(35)30-22-32-31-21(36-22)14-6-9-28-10-7-14/h1-7,9-10,12,17H,8,11,13H2,(H,30,32,35)/t17-/m0/s1. The first-order valence-corrected chi connectivity index (χ1v) is 12.0. The first kappa shape index (κ1) is 22.4. The van der Waals surface area contributed by atoms with Gasteiger partial charge >= 0.3 is 12.2 Å². The third kappa shape index (κ3) is 4.02. The van der Waals surface area contributed by atoms with Gasteiger partial charge in [0.25, 0.3) is 0 Å². The molecular weight excluding hydrogens is 491 g/mol. The number of halogens is 3. The number of carbonyl (C=O) groups excluding carboxylic acids is 1. The Hall–Kier alpha value is -4.06. The number of amides is 2. The van der Waals surface area contributed by atoms with Gasteiger partial charge in [-0.2, -0.15) is 13.2 Å². The van der Waals surface area contributed by atoms with Gasteiger partial charge in [0.2, 0.25) is 5.13 Å². The van der Waals surface area contributed by atoms with Crippen molar-refractivity contribution in [1.29, 1.82) is 0 Å². The highest BCUT2D eigenvalue weighted by molar-refractivity contribution is 7.18. The number of nitrogens with zero attached hydrogens (tertiary/aromatic N) is 6. The molecule has 0 saturated carbocycles. The number of anilines is 3. The van der Waals surface area contributed by atoms with Crippen LogP contribution >= 0.6 is 11.3 Å². The van der Waals surface area contributed by atoms with Gasteiger partial charge in [-0.25, -0.2) is 9.78 Å². The molecule has 1 saturated heterocycles. The molecule has 1 fully saturated rings. The third-order valence-electron chi connectivity index (χ3n) is 6.22. The summed E-state index contributed by atoms with van der Waals surface area (Å²) in [7, 11) is 0. The number of nitrogens with one attached hydrogen (secondary N) is 1. The number of rotatable bonds is 3. The van der Waals surface area contributed by atoms with Crippen molar-refractivity contribution >= 4 is 34.0 Å². The zero-order valence-corrected chi connectivity index (χ0v) is 19.4. The smallest absolute Gasteiger partial charge is 0.366 e. The maximum Gasteiger partial charge on any atom is 0.416 e. The number of hydrogen-bond donors (Lipinski definition) is 1. The number of hydrogen-bond acceptors (Lipinski definition) is 7. The predicted octanol–water partition coefficient (Wildman–Crippen LogP) is 5.31. The quantitative estimate of drug-likeness (QED) is 0.403. The van der Waals surface area contributed by atoms with Gasteiger partial charge in [-0.05, 0) is 42.8 Å². The van der Waals surface area contributed by atoms with E-state index in [0.29, 0.717) is 33.8 Å². The lowest BCUT2D eigenvalue weighted by Gasteiger charge is -2.35. The first-order chi connectivity index (χ1) is 17.4. The minimum absolute atomic E-state index is 0.116. The summed E-state index contributed by atoms with van der Waals surface area (Å²) in [4.78, 5) is 25.8. The Balaban J connectivity index is 1.32. The van der Waals surface area contributed by atoms with Gasteiger partial charge in [-0.3, -0.25) is 15.2 Å². The van der Waals surface area contributed by atoms with E-state index < -0.39 is 17.8 Å². The lowest BCUT2D eigenvalue weighted by atomic mass is 10.1. The molecule has 0 aliphatic carbocycles. The number of aromatic nitrogens is 4. The molecular formula is C24H18F3N7OS. The Morgan fingerprint density at radius 2 is 1.89 bits per heavy atom. The van der Waals surface area contributed by atoms with Crippen LogP contribution in [0.25, 0.3) is 21.8 Å². The maximum absolute atomic E-state index is 13.4. The second-order valence-electron chi connectivity index (χ2n) is 8.45. The molecule has 36 heavy (non-hydrogen) atoms. The molecule has 5 heterocycles. The average molecular weight is 510 g/mol. The van der Waals surface area contributed by atoms with Crippen LogP contribution in [0.1, 0.15) is 12.0 Å². The first-order valence-electron chi connectivity index (χ1n) is 11.1. The van der Waals surface area contributed by atoms with Gasteiger partial charge in [0.05, 0.1) is 23.0 Å². The molecule has 2 aliphatic rings. The van der Waals surface area contributed by atoms with Gasteiger partial charge < -0.3 is 4.90 Å². The summed E-state index contributed by atoms with van der Waals surface area (Å²) >= 11 is 1.24. The monoisotopic (exact) mass is 509 g/mol. The fourth-order valence-electron chi connectivity index (χ4n) is 4.52. The summed E-state index contributed by atoms with van der Waals surface area (Å²) < 4.78 is 39.8. The molecule has 6 rings (SSSR count). The number of pyridine rings is 2. The second kappa shape index (κ2) is 8.55. The van der Waals surface area contributed by atoms with Crippen molar-refractivity contribution in [2.75, 3.05) is 28.2 Å². The van der Waals surface area contributed by atoms with E-state index >= 15 is 0 Å². The highest BCUT2D eigenvalue weighted by Crippen LogP contribution is 2.41. The Morgan fingerprint density at radius 1 is 1.06 bits per heavy atom. The molecule has 12 heteroatoms. The van der Waals surface area contributed by atoms with Crippen LogP contribution in [-0.4, -0.2) is 45.3 Å². The van der Waals surface area contributed by atoms with E-state index in [0.717, 1.165) is 36.3 Å². The predicted molar refractivity (Wildman–Crippen MR) is 130 cm³/mol. The van der Waals surface area contributed by atoms with Crippen LogP contribution in [0.3, 0.4) is 0 Å². The van der Waals surface area contributed by atoms with Crippen LogP contribution in [0.5, 0.6) is 0 Å². The minimum atomic E-state index is -4.46. The van der Waals surface area contributed by atoms with E-state index in [4.69, 9.17) is 0 Å². The zero-order chi connectivity index (χ0) is 24.9. The van der Waals surface area contributed by atoms with Gasteiger partial charge in [0, 0.05) is 36.6 Å². The van der Waals surface area contributed by atoms with Crippen LogP contribution in [0.2, 0.25) is 0 Å². The Kier molecular flexibility index (Phi) is 5.32. The van der Waals surface area contributed by atoms with Crippen molar-refractivity contribution < 1.29 is 18.0 Å². The van der Waals surface area contributed by atoms with Crippen molar-refractivity contribution in [2.45, 2.75) is 18.6 Å². The second-order valence-corrected chi connectivity index (χ2v) is 9.43. The summed E-state index contributed by atoms with van der Waals surface area (Å²) in [5.74, 6) is 0.412. The van der Waals surface area contributed by atoms with Crippen molar-refractivity contribution in [3.8, 4) is 21.8 Å². The number of benzene rings is 1. The lowest BCUT2D eigenvalue weighted by Crippen LogP contribution is -2.48. The minimum Gasteiger partial charge on any atom is -0.366 e. The van der Waals surface area contributed by atoms with E-state index in [1.54, 1.807) is 41.6 Å². The number of carbonyl (C=O) groups is 1. The molecule has 4 aromatic rings. The van der Waals surface area contributed by atoms with Crippen LogP contribution < -0.4 is 15.1 Å². The average Bonchev–Trinajstić information content (AvgIpc) is 3.52. The van der Waals surface area contributed by atoms with E-state index in [-0.39, 0.29) is 6.04 Å². The third-order valence-corrected chi connectivity index (χ3v) is 7.11. The summed E-state index contributed by atoms with van der Waals surface area (Å²) in [6.45, 7) is 1.42. The van der Waals surface area contributed by atoms with E-state index in [1.807, 2.05) is 6.07 Å². The van der Waals surface area contributed by atoms with Gasteiger partial charge in [0.15, 0.2) is 5.82 Å². The Bertz CT molecular complexity index is 1440. The van der Waals surface area contributed by atoms with Gasteiger partial charge in [-0.1, -0.05) is 23.5 Å². The molecule has 0 radical (unpaired) electrons. The van der Waals surface area contributed by atoms with Gasteiger partial charge in [-0.15, -0.1) is 10.2 Å². The molecule has 2 aliphatic heterocycles. The molecule has 0 unspecified atom stereocenters. The molecule has 0 spiro atoms. The SMILES string of the molecule is O=C(Nc1nnc(-c2ccncc2)s1)N1c2nc(-c3cccc(C(F)(F)F)c3)ccc2N2CC[C@H]1C2. The number of alkyl halides is 3. The summed E-state index contributed by atoms with van der Waals surface area (Å²) in [6.07, 6.45) is -0.406. The topological polar surface area (TPSA) is 87.1 Å². The Labute approximate surface area is 207 Å². The number of fused-ring (bicyclic) bond motifs is 4. The fourth-order valence-corrected chi connectivity index (χ4v) is 5.26. The highest BCUT2D eigenvalue weighted by atomic mass is 32.1. The highest BCUT2D eigenvalue weighted by Gasteiger charge is 2.40. The molecule has 2 amide bonds. The zero-order valence-electron chi connectivity index (χ0n) is 18.6. The molecule has 2 bridgehead atoms. The summed E-state index contributed by atoms with van der Waals surface area (Å²) in [6, 6.07) is 11.6. The summed E-state index contributed by atoms with van der Waals surface area (Å²) in [5.41, 5.74) is 1.54. The summed E-state index contributed by atoms with van der Waals surface area (Å²) in [5, 5.41) is 12.0. The van der Waals surface area contributed by atoms with Crippen LogP contribution in [0, 0.1) is 0 Å². The maximum atomic E-state index is 13.4. The Morgan fingerprint density at radius 3 is 2.69 bits per heavy atom. The molecule has 3 aromatic heterocycles. The largest absolute Gasteiger partial charge is 0.416 e. The fraction of sp³-hybridized carbons (Fsp3) is 0.208. The van der Waals surface area contributed by atoms with Crippen molar-refractivity contribution in [3.05, 3.63) is 66.5 Å². The molecule has 1 N–H and O–H groups in total. The van der Waals surface area contributed by atoms with Gasteiger partial charge in [0.1, 0.15) is 5.01 Å². The molecule has 8 nitrogen and oxygen atoms in total. The number of urea groups is 1. The van der Waals surface area contributed by atoms with Crippen LogP contribution in [0.15, 0.2) is 60.9 Å². The van der Waals surface area contributed by atoms with Crippen LogP contribution in [-0.2, 0) is 6.18 Å². The van der Waals surface area contributed by atoms with E-state index in [2.05, 4.69) is 30.4 Å².